The molecule has 1 aliphatic heterocycles. The number of thioether (sulfide) groups is 1. The van der Waals surface area contributed by atoms with Gasteiger partial charge in [-0.25, -0.2) is 0 Å². The lowest BCUT2D eigenvalue weighted by Crippen LogP contribution is -2.37. The van der Waals surface area contributed by atoms with Crippen molar-refractivity contribution in [3.8, 4) is 0 Å². The highest BCUT2D eigenvalue weighted by Gasteiger charge is 2.17. The molecule has 0 saturated carbocycles. The largest absolute Gasteiger partial charge is 0.378 e. The Morgan fingerprint density at radius 2 is 1.74 bits per heavy atom. The van der Waals surface area contributed by atoms with Crippen molar-refractivity contribution < 1.29 is 9.53 Å². The van der Waals surface area contributed by atoms with E-state index >= 15 is 0 Å². The Kier molecular flexibility index (Phi) is 6.96. The van der Waals surface area contributed by atoms with Crippen LogP contribution in [0, 0.1) is 6.92 Å². The fraction of sp³-hybridized carbons (Fsp3) is 0.273. The number of amides is 1. The molecule has 9 heteroatoms. The molecule has 0 radical (unpaired) electrons. The van der Waals surface area contributed by atoms with Crippen LogP contribution in [0.15, 0.2) is 59.8 Å². The molecule has 1 fully saturated rings. The number of nitrogens with one attached hydrogen (secondary N) is 2. The SMILES string of the molecule is Cc1ccc(NC(=O)CSc2nc(Nc3ccccc3)nc(N3CCOCC3)n2)cc1. The van der Waals surface area contributed by atoms with Gasteiger partial charge in [0.25, 0.3) is 0 Å². The van der Waals surface area contributed by atoms with Gasteiger partial charge in [-0.1, -0.05) is 47.7 Å². The van der Waals surface area contributed by atoms with E-state index in [1.54, 1.807) is 0 Å². The third-order valence-electron chi connectivity index (χ3n) is 4.59. The number of aryl methyl sites for hydroxylation is 1. The number of rotatable bonds is 7. The lowest BCUT2D eigenvalue weighted by atomic mass is 10.2. The predicted octanol–water partition coefficient (Wildman–Crippen LogP) is 3.49. The maximum Gasteiger partial charge on any atom is 0.234 e. The number of anilines is 4. The summed E-state index contributed by atoms with van der Waals surface area (Å²) in [5, 5.41) is 6.62. The summed E-state index contributed by atoms with van der Waals surface area (Å²) in [6.07, 6.45) is 0. The fourth-order valence-electron chi connectivity index (χ4n) is 2.99. The van der Waals surface area contributed by atoms with Crippen molar-refractivity contribution >= 4 is 40.9 Å². The number of hydrogen-bond acceptors (Lipinski definition) is 8. The molecule has 2 aromatic carbocycles. The number of ether oxygens (including phenoxy) is 1. The molecule has 3 aromatic rings. The zero-order valence-corrected chi connectivity index (χ0v) is 18.1. The van der Waals surface area contributed by atoms with E-state index in [-0.39, 0.29) is 11.7 Å². The van der Waals surface area contributed by atoms with E-state index in [1.165, 1.54) is 11.8 Å². The molecule has 1 saturated heterocycles. The number of nitrogens with zero attached hydrogens (tertiary/aromatic N) is 4. The number of carbonyl (C=O) groups excluding carboxylic acids is 1. The van der Waals surface area contributed by atoms with Crippen molar-refractivity contribution in [2.24, 2.45) is 0 Å². The Morgan fingerprint density at radius 1 is 1.00 bits per heavy atom. The molecule has 0 atom stereocenters. The standard InChI is InChI=1S/C22H24N6O2S/c1-16-7-9-18(10-8-16)23-19(29)15-31-22-26-20(24-17-5-3-2-4-6-17)25-21(27-22)28-11-13-30-14-12-28/h2-10H,11-15H2,1H3,(H,23,29)(H,24,25,26,27). The number of para-hydroxylation sites is 1. The molecular weight excluding hydrogens is 412 g/mol. The van der Waals surface area contributed by atoms with Crippen LogP contribution in [0.3, 0.4) is 0 Å². The van der Waals surface area contributed by atoms with Gasteiger partial charge in [0, 0.05) is 24.5 Å². The second-order valence-corrected chi connectivity index (χ2v) is 7.98. The van der Waals surface area contributed by atoms with Crippen LogP contribution >= 0.6 is 11.8 Å². The van der Waals surface area contributed by atoms with Crippen LogP contribution < -0.4 is 15.5 Å². The zero-order chi connectivity index (χ0) is 21.5. The minimum Gasteiger partial charge on any atom is -0.378 e. The average Bonchev–Trinajstić information content (AvgIpc) is 2.80. The molecule has 1 aliphatic rings. The third-order valence-corrected chi connectivity index (χ3v) is 5.44. The van der Waals surface area contributed by atoms with Crippen molar-refractivity contribution in [2.75, 3.05) is 47.6 Å². The van der Waals surface area contributed by atoms with Crippen LogP contribution in [0.1, 0.15) is 5.56 Å². The average molecular weight is 437 g/mol. The first-order valence-electron chi connectivity index (χ1n) is 10.1. The van der Waals surface area contributed by atoms with E-state index in [0.29, 0.717) is 43.4 Å². The molecule has 8 nitrogen and oxygen atoms in total. The van der Waals surface area contributed by atoms with Gasteiger partial charge in [-0.3, -0.25) is 4.79 Å². The van der Waals surface area contributed by atoms with Gasteiger partial charge in [0.15, 0.2) is 5.16 Å². The summed E-state index contributed by atoms with van der Waals surface area (Å²) < 4.78 is 5.43. The Balaban J connectivity index is 1.47. The van der Waals surface area contributed by atoms with Crippen molar-refractivity contribution in [3.05, 3.63) is 60.2 Å². The van der Waals surface area contributed by atoms with Crippen LogP contribution in [-0.2, 0) is 9.53 Å². The minimum absolute atomic E-state index is 0.111. The van der Waals surface area contributed by atoms with E-state index in [9.17, 15) is 4.79 Å². The second-order valence-electron chi connectivity index (χ2n) is 7.03. The van der Waals surface area contributed by atoms with Gasteiger partial charge in [-0.15, -0.1) is 0 Å². The topological polar surface area (TPSA) is 92.3 Å². The summed E-state index contributed by atoms with van der Waals surface area (Å²) in [7, 11) is 0. The first-order valence-corrected chi connectivity index (χ1v) is 11.0. The van der Waals surface area contributed by atoms with E-state index in [0.717, 1.165) is 16.9 Å². The van der Waals surface area contributed by atoms with Crippen molar-refractivity contribution in [1.29, 1.82) is 0 Å². The highest BCUT2D eigenvalue weighted by molar-refractivity contribution is 7.99. The smallest absolute Gasteiger partial charge is 0.234 e. The molecule has 2 N–H and O–H groups in total. The Labute approximate surface area is 185 Å². The molecule has 160 valence electrons. The summed E-state index contributed by atoms with van der Waals surface area (Å²) in [6.45, 7) is 4.71. The van der Waals surface area contributed by atoms with Crippen LogP contribution in [0.25, 0.3) is 0 Å². The normalized spacial score (nSPS) is 13.6. The minimum atomic E-state index is -0.111. The Morgan fingerprint density at radius 3 is 2.48 bits per heavy atom. The van der Waals surface area contributed by atoms with Gasteiger partial charge < -0.3 is 20.3 Å². The van der Waals surface area contributed by atoms with Crippen molar-refractivity contribution in [1.82, 2.24) is 15.0 Å². The van der Waals surface area contributed by atoms with Crippen LogP contribution in [-0.4, -0.2) is 52.9 Å². The fourth-order valence-corrected chi connectivity index (χ4v) is 3.62. The van der Waals surface area contributed by atoms with Gasteiger partial charge >= 0.3 is 0 Å². The van der Waals surface area contributed by atoms with Gasteiger partial charge in [-0.2, -0.15) is 15.0 Å². The molecular formula is C22H24N6O2S. The maximum absolute atomic E-state index is 12.4. The lowest BCUT2D eigenvalue weighted by molar-refractivity contribution is -0.113. The van der Waals surface area contributed by atoms with Gasteiger partial charge in [0.2, 0.25) is 17.8 Å². The van der Waals surface area contributed by atoms with Gasteiger partial charge in [0.05, 0.1) is 19.0 Å². The molecule has 1 aromatic heterocycles. The summed E-state index contributed by atoms with van der Waals surface area (Å²) in [4.78, 5) is 28.1. The summed E-state index contributed by atoms with van der Waals surface area (Å²) in [5.41, 5.74) is 2.80. The quantitative estimate of drug-likeness (QED) is 0.544. The molecule has 0 unspecified atom stereocenters. The number of carbonyl (C=O) groups is 1. The van der Waals surface area contributed by atoms with Crippen LogP contribution in [0.4, 0.5) is 23.3 Å². The van der Waals surface area contributed by atoms with E-state index in [4.69, 9.17) is 4.74 Å². The molecule has 4 rings (SSSR count). The maximum atomic E-state index is 12.4. The lowest BCUT2D eigenvalue weighted by Gasteiger charge is -2.27. The monoisotopic (exact) mass is 436 g/mol. The Bertz CT molecular complexity index is 1010. The molecule has 1 amide bonds. The number of morpholine rings is 1. The van der Waals surface area contributed by atoms with Crippen molar-refractivity contribution in [3.63, 3.8) is 0 Å². The van der Waals surface area contributed by atoms with Crippen molar-refractivity contribution in [2.45, 2.75) is 12.1 Å². The Hall–Kier alpha value is -3.17. The van der Waals surface area contributed by atoms with Crippen LogP contribution in [0.2, 0.25) is 0 Å². The molecule has 0 spiro atoms. The third kappa shape index (κ3) is 6.16. The highest BCUT2D eigenvalue weighted by Crippen LogP contribution is 2.22. The molecule has 0 aliphatic carbocycles. The number of aromatic nitrogens is 3. The first-order chi connectivity index (χ1) is 15.2. The predicted molar refractivity (Wildman–Crippen MR) is 123 cm³/mol. The second kappa shape index (κ2) is 10.2. The zero-order valence-electron chi connectivity index (χ0n) is 17.2. The van der Waals surface area contributed by atoms with Crippen LogP contribution in [0.5, 0.6) is 0 Å². The summed E-state index contributed by atoms with van der Waals surface area (Å²) >= 11 is 1.28. The number of benzene rings is 2. The summed E-state index contributed by atoms with van der Waals surface area (Å²) in [5.74, 6) is 1.12. The number of hydrogen-bond donors (Lipinski definition) is 2. The molecule has 2 heterocycles. The molecule has 31 heavy (non-hydrogen) atoms. The first kappa shape index (κ1) is 21.1. The van der Waals surface area contributed by atoms with E-state index < -0.39 is 0 Å². The summed E-state index contributed by atoms with van der Waals surface area (Å²) in [6, 6.07) is 17.4. The van der Waals surface area contributed by atoms with Gasteiger partial charge in [-0.05, 0) is 31.2 Å². The van der Waals surface area contributed by atoms with Gasteiger partial charge in [0.1, 0.15) is 0 Å². The highest BCUT2D eigenvalue weighted by atomic mass is 32.2. The van der Waals surface area contributed by atoms with E-state index in [1.807, 2.05) is 61.5 Å². The van der Waals surface area contributed by atoms with E-state index in [2.05, 4.69) is 30.5 Å². The molecule has 0 bridgehead atoms.